The lowest BCUT2D eigenvalue weighted by Gasteiger charge is -2.10. The van der Waals surface area contributed by atoms with Crippen molar-refractivity contribution < 1.29 is 18.0 Å². The number of anilines is 1. The lowest BCUT2D eigenvalue weighted by molar-refractivity contribution is -0.137. The molecule has 0 fully saturated rings. The zero-order chi connectivity index (χ0) is 18.9. The highest BCUT2D eigenvalue weighted by atomic mass is 19.4. The maximum Gasteiger partial charge on any atom is 0.416 e. The van der Waals surface area contributed by atoms with E-state index in [1.165, 1.54) is 12.1 Å². The van der Waals surface area contributed by atoms with Gasteiger partial charge in [0.05, 0.1) is 16.9 Å². The summed E-state index contributed by atoms with van der Waals surface area (Å²) in [4.78, 5) is 12.3. The number of hydrogen-bond acceptors (Lipinski definition) is 2. The monoisotopic (exact) mass is 359 g/mol. The minimum atomic E-state index is -4.46. The van der Waals surface area contributed by atoms with Gasteiger partial charge >= 0.3 is 6.18 Å². The summed E-state index contributed by atoms with van der Waals surface area (Å²) in [5.74, 6) is -0.482. The molecule has 0 unspecified atom stereocenters. The van der Waals surface area contributed by atoms with Gasteiger partial charge in [-0.15, -0.1) is 0 Å². The van der Waals surface area contributed by atoms with Gasteiger partial charge in [0.1, 0.15) is 0 Å². The van der Waals surface area contributed by atoms with E-state index < -0.39 is 17.6 Å². The summed E-state index contributed by atoms with van der Waals surface area (Å²) in [7, 11) is 0. The highest BCUT2D eigenvalue weighted by Gasteiger charge is 2.30. The van der Waals surface area contributed by atoms with Crippen molar-refractivity contribution in [2.45, 2.75) is 20.0 Å². The second kappa shape index (κ2) is 6.67. The molecule has 0 spiro atoms. The molecule has 0 saturated heterocycles. The first-order valence-corrected chi connectivity index (χ1v) is 7.86. The number of amides is 1. The predicted molar refractivity (Wildman–Crippen MR) is 92.4 cm³/mol. The number of aromatic nitrogens is 2. The largest absolute Gasteiger partial charge is 0.416 e. The Kier molecular flexibility index (Phi) is 4.54. The molecule has 2 aromatic carbocycles. The zero-order valence-electron chi connectivity index (χ0n) is 14.1. The van der Waals surface area contributed by atoms with Crippen molar-refractivity contribution in [3.8, 4) is 5.69 Å². The number of aryl methyl sites for hydroxylation is 2. The van der Waals surface area contributed by atoms with E-state index >= 15 is 0 Å². The van der Waals surface area contributed by atoms with Gasteiger partial charge < -0.3 is 5.32 Å². The molecule has 0 radical (unpaired) electrons. The van der Waals surface area contributed by atoms with Crippen LogP contribution in [0.1, 0.15) is 27.3 Å². The van der Waals surface area contributed by atoms with Crippen LogP contribution >= 0.6 is 0 Å². The Morgan fingerprint density at radius 1 is 1.04 bits per heavy atom. The Labute approximate surface area is 148 Å². The van der Waals surface area contributed by atoms with E-state index in [1.54, 1.807) is 28.9 Å². The van der Waals surface area contributed by atoms with Crippen LogP contribution in [0, 0.1) is 13.8 Å². The van der Waals surface area contributed by atoms with E-state index in [-0.39, 0.29) is 5.69 Å². The predicted octanol–water partition coefficient (Wildman–Crippen LogP) is 4.76. The van der Waals surface area contributed by atoms with E-state index in [2.05, 4.69) is 10.4 Å². The van der Waals surface area contributed by atoms with Crippen LogP contribution in [0.3, 0.4) is 0 Å². The van der Waals surface area contributed by atoms with Crippen molar-refractivity contribution in [1.29, 1.82) is 0 Å². The summed E-state index contributed by atoms with van der Waals surface area (Å²) in [5, 5.41) is 6.85. The molecule has 0 aliphatic heterocycles. The van der Waals surface area contributed by atoms with E-state index in [0.29, 0.717) is 5.56 Å². The normalized spacial score (nSPS) is 11.4. The lowest BCUT2D eigenvalue weighted by Crippen LogP contribution is -2.13. The van der Waals surface area contributed by atoms with Gasteiger partial charge in [0, 0.05) is 16.9 Å². The summed E-state index contributed by atoms with van der Waals surface area (Å²) >= 11 is 0. The fourth-order valence-corrected chi connectivity index (χ4v) is 2.62. The Bertz CT molecular complexity index is 943. The zero-order valence-corrected chi connectivity index (χ0v) is 14.1. The SMILES string of the molecule is Cc1cc(C)n(-c2ccc(C(=O)Nc3cccc(C(F)(F)F)c3)cc2)n1. The molecule has 1 heterocycles. The Balaban J connectivity index is 1.78. The van der Waals surface area contributed by atoms with Crippen molar-refractivity contribution in [1.82, 2.24) is 9.78 Å². The third kappa shape index (κ3) is 3.77. The molecule has 0 atom stereocenters. The van der Waals surface area contributed by atoms with Crippen LogP contribution in [0.25, 0.3) is 5.69 Å². The number of alkyl halides is 3. The maximum absolute atomic E-state index is 12.7. The van der Waals surface area contributed by atoms with E-state index in [0.717, 1.165) is 29.2 Å². The summed E-state index contributed by atoms with van der Waals surface area (Å²) in [6.07, 6.45) is -4.46. The number of halogens is 3. The molecule has 1 amide bonds. The number of benzene rings is 2. The van der Waals surface area contributed by atoms with Crippen molar-refractivity contribution in [3.63, 3.8) is 0 Å². The summed E-state index contributed by atoms with van der Waals surface area (Å²) in [6.45, 7) is 3.81. The molecule has 4 nitrogen and oxygen atoms in total. The molecule has 7 heteroatoms. The van der Waals surface area contributed by atoms with E-state index in [4.69, 9.17) is 0 Å². The molecule has 3 rings (SSSR count). The molecular formula is C19H16F3N3O. The summed E-state index contributed by atoms with van der Waals surface area (Å²) in [6, 6.07) is 13.2. The van der Waals surface area contributed by atoms with Gasteiger partial charge in [-0.3, -0.25) is 4.79 Å². The third-order valence-electron chi connectivity index (χ3n) is 3.83. The Morgan fingerprint density at radius 3 is 2.31 bits per heavy atom. The van der Waals surface area contributed by atoms with Gasteiger partial charge in [-0.25, -0.2) is 4.68 Å². The number of nitrogens with zero attached hydrogens (tertiary/aromatic N) is 2. The van der Waals surface area contributed by atoms with Crippen molar-refractivity contribution in [2.24, 2.45) is 0 Å². The number of carbonyl (C=O) groups is 1. The molecule has 0 saturated carbocycles. The quantitative estimate of drug-likeness (QED) is 0.733. The smallest absolute Gasteiger partial charge is 0.322 e. The molecule has 0 aliphatic carbocycles. The van der Waals surface area contributed by atoms with Crippen molar-refractivity contribution >= 4 is 11.6 Å². The highest BCUT2D eigenvalue weighted by molar-refractivity contribution is 6.04. The van der Waals surface area contributed by atoms with Gasteiger partial charge in [0.2, 0.25) is 0 Å². The van der Waals surface area contributed by atoms with Gasteiger partial charge in [-0.05, 0) is 62.4 Å². The molecular weight excluding hydrogens is 343 g/mol. The third-order valence-corrected chi connectivity index (χ3v) is 3.83. The summed E-state index contributed by atoms with van der Waals surface area (Å²) in [5.41, 5.74) is 2.26. The second-order valence-electron chi connectivity index (χ2n) is 5.92. The first-order chi connectivity index (χ1) is 12.2. The average Bonchev–Trinajstić information content (AvgIpc) is 2.93. The fourth-order valence-electron chi connectivity index (χ4n) is 2.62. The van der Waals surface area contributed by atoms with Gasteiger partial charge in [0.15, 0.2) is 0 Å². The first-order valence-electron chi connectivity index (χ1n) is 7.86. The molecule has 0 bridgehead atoms. The van der Waals surface area contributed by atoms with E-state index in [1.807, 2.05) is 19.9 Å². The van der Waals surface area contributed by atoms with Crippen LogP contribution in [-0.4, -0.2) is 15.7 Å². The van der Waals surface area contributed by atoms with Crippen LogP contribution in [0.5, 0.6) is 0 Å². The molecule has 0 aliphatic rings. The van der Waals surface area contributed by atoms with Crippen LogP contribution in [0.2, 0.25) is 0 Å². The molecule has 1 aromatic heterocycles. The van der Waals surface area contributed by atoms with Gasteiger partial charge in [0.25, 0.3) is 5.91 Å². The highest BCUT2D eigenvalue weighted by Crippen LogP contribution is 2.30. The number of nitrogens with one attached hydrogen (secondary N) is 1. The van der Waals surface area contributed by atoms with Crippen LogP contribution < -0.4 is 5.32 Å². The molecule has 1 N–H and O–H groups in total. The number of hydrogen-bond donors (Lipinski definition) is 1. The first kappa shape index (κ1) is 17.7. The van der Waals surface area contributed by atoms with Crippen molar-refractivity contribution in [2.75, 3.05) is 5.32 Å². The van der Waals surface area contributed by atoms with E-state index in [9.17, 15) is 18.0 Å². The van der Waals surface area contributed by atoms with Gasteiger partial charge in [-0.2, -0.15) is 18.3 Å². The standard InChI is InChI=1S/C19H16F3N3O/c1-12-10-13(2)25(24-12)17-8-6-14(7-9-17)18(26)23-16-5-3-4-15(11-16)19(20,21)22/h3-11H,1-2H3,(H,23,26). The van der Waals surface area contributed by atoms with Gasteiger partial charge in [-0.1, -0.05) is 6.07 Å². The second-order valence-corrected chi connectivity index (χ2v) is 5.92. The molecule has 26 heavy (non-hydrogen) atoms. The Hall–Kier alpha value is -3.09. The average molecular weight is 359 g/mol. The topological polar surface area (TPSA) is 46.9 Å². The summed E-state index contributed by atoms with van der Waals surface area (Å²) < 4.78 is 40.0. The number of carbonyl (C=O) groups excluding carboxylic acids is 1. The number of rotatable bonds is 3. The fraction of sp³-hybridized carbons (Fsp3) is 0.158. The molecule has 134 valence electrons. The maximum atomic E-state index is 12.7. The molecule has 3 aromatic rings. The Morgan fingerprint density at radius 2 is 1.73 bits per heavy atom. The minimum absolute atomic E-state index is 0.0902. The van der Waals surface area contributed by atoms with Crippen molar-refractivity contribution in [3.05, 3.63) is 77.1 Å². The van der Waals surface area contributed by atoms with Crippen LogP contribution in [0.4, 0.5) is 18.9 Å². The van der Waals surface area contributed by atoms with Crippen LogP contribution in [-0.2, 0) is 6.18 Å². The van der Waals surface area contributed by atoms with Crippen LogP contribution in [0.15, 0.2) is 54.6 Å². The minimum Gasteiger partial charge on any atom is -0.322 e. The lowest BCUT2D eigenvalue weighted by atomic mass is 10.1.